The standard InChI is InChI=1S/C9H16N4S/c1-3-8-11-9(4-2)13(12-8)6-5-7(10)14/h3-6H2,1-2H3,(H2,10,14). The van der Waals surface area contributed by atoms with Gasteiger partial charge in [0.1, 0.15) is 5.82 Å². The lowest BCUT2D eigenvalue weighted by Gasteiger charge is -2.02. The molecule has 0 amide bonds. The second-order valence-corrected chi connectivity index (χ2v) is 3.62. The summed E-state index contributed by atoms with van der Waals surface area (Å²) in [4.78, 5) is 4.92. The summed E-state index contributed by atoms with van der Waals surface area (Å²) < 4.78 is 1.90. The quantitative estimate of drug-likeness (QED) is 0.742. The van der Waals surface area contributed by atoms with Crippen molar-refractivity contribution >= 4 is 17.2 Å². The highest BCUT2D eigenvalue weighted by Gasteiger charge is 2.06. The third kappa shape index (κ3) is 2.77. The highest BCUT2D eigenvalue weighted by molar-refractivity contribution is 7.80. The van der Waals surface area contributed by atoms with E-state index in [-0.39, 0.29) is 0 Å². The number of rotatable bonds is 5. The van der Waals surface area contributed by atoms with Crippen LogP contribution in [0.15, 0.2) is 0 Å². The van der Waals surface area contributed by atoms with E-state index >= 15 is 0 Å². The van der Waals surface area contributed by atoms with Crippen LogP contribution >= 0.6 is 12.2 Å². The van der Waals surface area contributed by atoms with Crippen LogP contribution in [0.4, 0.5) is 0 Å². The number of hydrogen-bond acceptors (Lipinski definition) is 3. The van der Waals surface area contributed by atoms with Crippen LogP contribution in [-0.2, 0) is 19.4 Å². The van der Waals surface area contributed by atoms with Crippen LogP contribution in [0.3, 0.4) is 0 Å². The average Bonchev–Trinajstić information content (AvgIpc) is 2.57. The highest BCUT2D eigenvalue weighted by Crippen LogP contribution is 2.01. The van der Waals surface area contributed by atoms with Gasteiger partial charge in [0, 0.05) is 25.8 Å². The van der Waals surface area contributed by atoms with E-state index in [1.807, 2.05) is 11.6 Å². The van der Waals surface area contributed by atoms with Gasteiger partial charge in [0.05, 0.1) is 4.99 Å². The van der Waals surface area contributed by atoms with E-state index in [2.05, 4.69) is 17.0 Å². The molecule has 0 spiro atoms. The molecule has 1 rings (SSSR count). The summed E-state index contributed by atoms with van der Waals surface area (Å²) in [5.41, 5.74) is 5.44. The summed E-state index contributed by atoms with van der Waals surface area (Å²) in [6.07, 6.45) is 2.45. The average molecular weight is 212 g/mol. The van der Waals surface area contributed by atoms with Gasteiger partial charge in [-0.15, -0.1) is 0 Å². The van der Waals surface area contributed by atoms with Gasteiger partial charge in [-0.3, -0.25) is 0 Å². The molecule has 1 heterocycles. The molecule has 2 N–H and O–H groups in total. The van der Waals surface area contributed by atoms with Crippen molar-refractivity contribution in [2.45, 2.75) is 39.7 Å². The van der Waals surface area contributed by atoms with Crippen LogP contribution < -0.4 is 5.73 Å². The Morgan fingerprint density at radius 2 is 2.14 bits per heavy atom. The zero-order valence-electron chi connectivity index (χ0n) is 8.66. The van der Waals surface area contributed by atoms with E-state index in [9.17, 15) is 0 Å². The third-order valence-electron chi connectivity index (χ3n) is 1.99. The molecule has 78 valence electrons. The lowest BCUT2D eigenvalue weighted by molar-refractivity contribution is 0.595. The minimum atomic E-state index is 0.528. The lowest BCUT2D eigenvalue weighted by Crippen LogP contribution is -2.14. The Labute approximate surface area is 89.5 Å². The summed E-state index contributed by atoms with van der Waals surface area (Å²) in [7, 11) is 0. The maximum absolute atomic E-state index is 5.44. The third-order valence-corrected chi connectivity index (χ3v) is 2.20. The Hall–Kier alpha value is -0.970. The number of nitrogens with zero attached hydrogens (tertiary/aromatic N) is 3. The maximum Gasteiger partial charge on any atom is 0.150 e. The summed E-state index contributed by atoms with van der Waals surface area (Å²) in [5.74, 6) is 1.91. The van der Waals surface area contributed by atoms with Crippen LogP contribution in [0, 0.1) is 0 Å². The van der Waals surface area contributed by atoms with Crippen molar-refractivity contribution in [3.05, 3.63) is 11.6 Å². The molecule has 0 aliphatic rings. The molecule has 14 heavy (non-hydrogen) atoms. The maximum atomic E-state index is 5.44. The molecule has 0 aromatic carbocycles. The summed E-state index contributed by atoms with van der Waals surface area (Å²) in [5, 5.41) is 4.36. The van der Waals surface area contributed by atoms with Crippen LogP contribution in [0.5, 0.6) is 0 Å². The minimum absolute atomic E-state index is 0.528. The second kappa shape index (κ2) is 5.05. The Morgan fingerprint density at radius 3 is 2.64 bits per heavy atom. The van der Waals surface area contributed by atoms with Crippen molar-refractivity contribution < 1.29 is 0 Å². The van der Waals surface area contributed by atoms with E-state index in [1.54, 1.807) is 0 Å². The van der Waals surface area contributed by atoms with Crippen molar-refractivity contribution in [2.75, 3.05) is 0 Å². The minimum Gasteiger partial charge on any atom is -0.393 e. The van der Waals surface area contributed by atoms with Crippen LogP contribution in [0.25, 0.3) is 0 Å². The van der Waals surface area contributed by atoms with E-state index in [0.29, 0.717) is 11.4 Å². The number of aryl methyl sites for hydroxylation is 3. The molecule has 1 aromatic rings. The fraction of sp³-hybridized carbons (Fsp3) is 0.667. The Morgan fingerprint density at radius 1 is 1.43 bits per heavy atom. The Bertz CT molecular complexity index is 319. The number of nitrogens with two attached hydrogens (primary N) is 1. The zero-order valence-corrected chi connectivity index (χ0v) is 9.47. The first-order valence-electron chi connectivity index (χ1n) is 4.88. The van der Waals surface area contributed by atoms with Crippen LogP contribution in [0.1, 0.15) is 31.9 Å². The summed E-state index contributed by atoms with van der Waals surface area (Å²) in [6, 6.07) is 0. The molecule has 0 saturated heterocycles. The van der Waals surface area contributed by atoms with Gasteiger partial charge < -0.3 is 5.73 Å². The topological polar surface area (TPSA) is 56.7 Å². The van der Waals surface area contributed by atoms with Gasteiger partial charge in [0.2, 0.25) is 0 Å². The highest BCUT2D eigenvalue weighted by atomic mass is 32.1. The molecule has 4 nitrogen and oxygen atoms in total. The fourth-order valence-corrected chi connectivity index (χ4v) is 1.32. The SMILES string of the molecule is CCc1nc(CC)n(CCC(N)=S)n1. The molecule has 0 unspecified atom stereocenters. The van der Waals surface area contributed by atoms with Gasteiger partial charge in [0.15, 0.2) is 5.82 Å². The van der Waals surface area contributed by atoms with Gasteiger partial charge in [-0.1, -0.05) is 26.1 Å². The molecule has 0 aliphatic heterocycles. The van der Waals surface area contributed by atoms with Crippen molar-refractivity contribution in [1.29, 1.82) is 0 Å². The first kappa shape index (κ1) is 11.1. The van der Waals surface area contributed by atoms with Crippen molar-refractivity contribution in [3.63, 3.8) is 0 Å². The first-order chi connectivity index (χ1) is 6.67. The van der Waals surface area contributed by atoms with Crippen LogP contribution in [0.2, 0.25) is 0 Å². The number of aromatic nitrogens is 3. The first-order valence-corrected chi connectivity index (χ1v) is 5.29. The predicted octanol–water partition coefficient (Wildman–Crippen LogP) is 1.08. The molecule has 0 fully saturated rings. The number of hydrogen-bond donors (Lipinski definition) is 1. The molecule has 0 radical (unpaired) electrons. The lowest BCUT2D eigenvalue weighted by atomic mass is 10.4. The number of thiocarbonyl (C=S) groups is 1. The summed E-state index contributed by atoms with van der Waals surface area (Å²) >= 11 is 4.83. The van der Waals surface area contributed by atoms with Crippen molar-refractivity contribution in [2.24, 2.45) is 5.73 Å². The normalized spacial score (nSPS) is 10.4. The molecular weight excluding hydrogens is 196 g/mol. The van der Waals surface area contributed by atoms with E-state index in [1.165, 1.54) is 0 Å². The Balaban J connectivity index is 2.73. The van der Waals surface area contributed by atoms with Crippen molar-refractivity contribution in [3.8, 4) is 0 Å². The molecule has 1 aromatic heterocycles. The molecule has 0 saturated carbocycles. The van der Waals surface area contributed by atoms with Gasteiger partial charge in [-0.05, 0) is 0 Å². The van der Waals surface area contributed by atoms with Gasteiger partial charge >= 0.3 is 0 Å². The van der Waals surface area contributed by atoms with E-state index in [4.69, 9.17) is 18.0 Å². The molecule has 0 aliphatic carbocycles. The van der Waals surface area contributed by atoms with E-state index < -0.39 is 0 Å². The molecular formula is C9H16N4S. The predicted molar refractivity (Wildman–Crippen MR) is 60.2 cm³/mol. The zero-order chi connectivity index (χ0) is 10.6. The second-order valence-electron chi connectivity index (χ2n) is 3.09. The summed E-state index contributed by atoms with van der Waals surface area (Å²) in [6.45, 7) is 4.86. The monoisotopic (exact) mass is 212 g/mol. The smallest absolute Gasteiger partial charge is 0.150 e. The van der Waals surface area contributed by atoms with E-state index in [0.717, 1.165) is 31.0 Å². The van der Waals surface area contributed by atoms with Crippen LogP contribution in [-0.4, -0.2) is 19.8 Å². The Kier molecular flexibility index (Phi) is 4.00. The molecule has 5 heteroatoms. The largest absolute Gasteiger partial charge is 0.393 e. The fourth-order valence-electron chi connectivity index (χ4n) is 1.23. The van der Waals surface area contributed by atoms with Crippen molar-refractivity contribution in [1.82, 2.24) is 14.8 Å². The molecule has 0 atom stereocenters. The van der Waals surface area contributed by atoms with Gasteiger partial charge in [-0.25, -0.2) is 9.67 Å². The van der Waals surface area contributed by atoms with Gasteiger partial charge in [-0.2, -0.15) is 5.10 Å². The van der Waals surface area contributed by atoms with Gasteiger partial charge in [0.25, 0.3) is 0 Å². The molecule has 0 bridgehead atoms.